The summed E-state index contributed by atoms with van der Waals surface area (Å²) >= 11 is 0. The van der Waals surface area contributed by atoms with Gasteiger partial charge in [0, 0.05) is 44.4 Å². The quantitative estimate of drug-likeness (QED) is 0.280. The number of likely N-dealkylation sites (tertiary alicyclic amines) is 1. The van der Waals surface area contributed by atoms with E-state index in [9.17, 15) is 31.2 Å². The summed E-state index contributed by atoms with van der Waals surface area (Å²) in [6.07, 6.45) is 3.04. The number of amides is 1. The van der Waals surface area contributed by atoms with Crippen LogP contribution in [0.25, 0.3) is 6.08 Å². The standard InChI is InChI=1S/C31H33F3N4O7S/c1-20-15-24(43-3)16-21(2)27(20)46(41,42)38(23-6-7-23)18-26-36-25(19-44-26)28(39)37-13-10-30(11-14-37,45-29(40)31(32,33)34)9-8-22-5-4-12-35-17-22/h4-5,8-9,12,15-17,19,23H,6-7,10-11,13-14,18H2,1-3H3. The Bertz CT molecular complexity index is 1710. The van der Waals surface area contributed by atoms with Gasteiger partial charge >= 0.3 is 12.1 Å². The second kappa shape index (κ2) is 12.9. The minimum atomic E-state index is -5.19. The third-order valence-electron chi connectivity index (χ3n) is 7.94. The van der Waals surface area contributed by atoms with E-state index in [1.165, 1.54) is 34.7 Å². The van der Waals surface area contributed by atoms with Gasteiger partial charge in [-0.2, -0.15) is 17.5 Å². The average molecular weight is 663 g/mol. The van der Waals surface area contributed by atoms with Gasteiger partial charge in [-0.1, -0.05) is 12.1 Å². The molecule has 3 heterocycles. The first-order valence-corrected chi connectivity index (χ1v) is 16.0. The molecule has 46 heavy (non-hydrogen) atoms. The summed E-state index contributed by atoms with van der Waals surface area (Å²) in [5, 5.41) is 0. The summed E-state index contributed by atoms with van der Waals surface area (Å²) in [4.78, 5) is 34.9. The molecular formula is C31H33F3N4O7S. The van der Waals surface area contributed by atoms with Crippen molar-refractivity contribution in [2.45, 2.75) is 68.8 Å². The van der Waals surface area contributed by atoms with Crippen LogP contribution in [0.1, 0.15) is 58.8 Å². The van der Waals surface area contributed by atoms with Gasteiger partial charge in [-0.3, -0.25) is 9.78 Å². The molecule has 11 nitrogen and oxygen atoms in total. The summed E-state index contributed by atoms with van der Waals surface area (Å²) in [6, 6.07) is 6.41. The van der Waals surface area contributed by atoms with E-state index in [2.05, 4.69) is 9.97 Å². The van der Waals surface area contributed by atoms with E-state index in [0.717, 1.165) is 6.26 Å². The Balaban J connectivity index is 1.30. The van der Waals surface area contributed by atoms with Crippen LogP contribution in [0.4, 0.5) is 13.2 Å². The maximum absolute atomic E-state index is 13.8. The fourth-order valence-corrected chi connectivity index (χ4v) is 7.51. The molecule has 2 aromatic heterocycles. The van der Waals surface area contributed by atoms with Gasteiger partial charge in [0.2, 0.25) is 15.9 Å². The van der Waals surface area contributed by atoms with Crippen LogP contribution in [-0.2, 0) is 26.1 Å². The van der Waals surface area contributed by atoms with Gasteiger partial charge in [-0.05, 0) is 67.7 Å². The predicted molar refractivity (Wildman–Crippen MR) is 158 cm³/mol. The number of ether oxygens (including phenoxy) is 2. The van der Waals surface area contributed by atoms with E-state index in [-0.39, 0.29) is 55.0 Å². The van der Waals surface area contributed by atoms with Crippen molar-refractivity contribution in [2.75, 3.05) is 20.2 Å². The van der Waals surface area contributed by atoms with Gasteiger partial charge < -0.3 is 18.8 Å². The zero-order valence-corrected chi connectivity index (χ0v) is 26.2. The van der Waals surface area contributed by atoms with Crippen LogP contribution in [0.2, 0.25) is 0 Å². The number of aryl methyl sites for hydroxylation is 2. The molecule has 1 aliphatic heterocycles. The molecule has 1 aliphatic carbocycles. The third-order valence-corrected chi connectivity index (χ3v) is 10.1. The van der Waals surface area contributed by atoms with Crippen molar-refractivity contribution in [1.82, 2.24) is 19.2 Å². The summed E-state index contributed by atoms with van der Waals surface area (Å²) < 4.78 is 84.1. The Morgan fingerprint density at radius 3 is 2.41 bits per heavy atom. The number of sulfonamides is 1. The lowest BCUT2D eigenvalue weighted by Gasteiger charge is -2.39. The molecule has 1 amide bonds. The first-order valence-electron chi connectivity index (χ1n) is 14.5. The van der Waals surface area contributed by atoms with Gasteiger partial charge in [0.05, 0.1) is 18.6 Å². The van der Waals surface area contributed by atoms with Gasteiger partial charge in [0.15, 0.2) is 5.69 Å². The van der Waals surface area contributed by atoms with E-state index in [1.807, 2.05) is 0 Å². The average Bonchev–Trinajstić information content (AvgIpc) is 3.74. The second-order valence-corrected chi connectivity index (χ2v) is 13.2. The molecule has 2 fully saturated rings. The predicted octanol–water partition coefficient (Wildman–Crippen LogP) is 4.84. The van der Waals surface area contributed by atoms with Crippen LogP contribution in [0.15, 0.2) is 58.3 Å². The minimum Gasteiger partial charge on any atom is -0.497 e. The zero-order chi connectivity index (χ0) is 33.3. The van der Waals surface area contributed by atoms with E-state index >= 15 is 0 Å². The van der Waals surface area contributed by atoms with Crippen LogP contribution >= 0.6 is 0 Å². The SMILES string of the molecule is COc1cc(C)c(S(=O)(=O)N(Cc2nc(C(=O)N3CCC(C=Cc4cccnc4)(OC(=O)C(F)(F)F)CC3)co2)C2CC2)c(C)c1. The molecule has 0 unspecified atom stereocenters. The van der Waals surface area contributed by atoms with E-state index < -0.39 is 33.7 Å². The van der Waals surface area contributed by atoms with Crippen molar-refractivity contribution < 1.29 is 45.1 Å². The number of halogens is 3. The highest BCUT2D eigenvalue weighted by Gasteiger charge is 2.47. The number of hydrogen-bond acceptors (Lipinski definition) is 9. The number of rotatable bonds is 10. The Labute approximate surface area is 264 Å². The molecule has 0 radical (unpaired) electrons. The molecule has 1 aromatic carbocycles. The second-order valence-electron chi connectivity index (χ2n) is 11.4. The summed E-state index contributed by atoms with van der Waals surface area (Å²) in [5.74, 6) is -2.31. The monoisotopic (exact) mass is 662 g/mol. The van der Waals surface area contributed by atoms with Gasteiger partial charge in [-0.15, -0.1) is 0 Å². The molecule has 2 aliphatic rings. The summed E-state index contributed by atoms with van der Waals surface area (Å²) in [7, 11) is -2.46. The fourth-order valence-electron chi connectivity index (χ4n) is 5.46. The van der Waals surface area contributed by atoms with E-state index in [1.54, 1.807) is 44.3 Å². The molecule has 5 rings (SSSR count). The minimum absolute atomic E-state index is 0.0208. The van der Waals surface area contributed by atoms with Gasteiger partial charge in [-0.25, -0.2) is 18.2 Å². The number of esters is 1. The Hall–Kier alpha value is -4.24. The number of piperidine rings is 1. The van der Waals surface area contributed by atoms with Crippen molar-refractivity contribution >= 4 is 28.0 Å². The lowest BCUT2D eigenvalue weighted by molar-refractivity contribution is -0.212. The summed E-state index contributed by atoms with van der Waals surface area (Å²) in [5.41, 5.74) is -0.0273. The van der Waals surface area contributed by atoms with Crippen molar-refractivity contribution in [2.24, 2.45) is 0 Å². The molecule has 3 aromatic rings. The van der Waals surface area contributed by atoms with Crippen LogP contribution in [-0.4, -0.2) is 77.5 Å². The smallest absolute Gasteiger partial charge is 0.490 e. The van der Waals surface area contributed by atoms with Crippen molar-refractivity contribution in [3.8, 4) is 5.75 Å². The maximum atomic E-state index is 13.8. The van der Waals surface area contributed by atoms with Crippen LogP contribution < -0.4 is 4.74 Å². The number of carbonyl (C=O) groups excluding carboxylic acids is 2. The van der Waals surface area contributed by atoms with E-state index in [4.69, 9.17) is 13.9 Å². The van der Waals surface area contributed by atoms with Gasteiger partial charge in [0.1, 0.15) is 17.6 Å². The van der Waals surface area contributed by atoms with Crippen LogP contribution in [0.3, 0.4) is 0 Å². The highest BCUT2D eigenvalue weighted by Crippen LogP contribution is 2.37. The highest BCUT2D eigenvalue weighted by atomic mass is 32.2. The molecule has 15 heteroatoms. The molecule has 0 bridgehead atoms. The lowest BCUT2D eigenvalue weighted by atomic mass is 9.89. The molecule has 1 saturated heterocycles. The normalized spacial score (nSPS) is 17.0. The topological polar surface area (TPSA) is 132 Å². The Morgan fingerprint density at radius 1 is 1.17 bits per heavy atom. The first kappa shape index (κ1) is 33.1. The van der Waals surface area contributed by atoms with E-state index in [0.29, 0.717) is 35.3 Å². The molecule has 0 atom stereocenters. The third kappa shape index (κ3) is 7.25. The zero-order valence-electron chi connectivity index (χ0n) is 25.4. The number of pyridine rings is 1. The van der Waals surface area contributed by atoms with Crippen LogP contribution in [0, 0.1) is 13.8 Å². The summed E-state index contributed by atoms with van der Waals surface area (Å²) in [6.45, 7) is 3.12. The first-order chi connectivity index (χ1) is 21.7. The van der Waals surface area contributed by atoms with Crippen molar-refractivity contribution in [3.63, 3.8) is 0 Å². The number of hydrogen-bond donors (Lipinski definition) is 0. The number of nitrogens with zero attached hydrogens (tertiary/aromatic N) is 4. The van der Waals surface area contributed by atoms with Gasteiger partial charge in [0.25, 0.3) is 5.91 Å². The molecule has 0 spiro atoms. The number of benzene rings is 1. The lowest BCUT2D eigenvalue weighted by Crippen LogP contribution is -2.49. The number of carbonyl (C=O) groups is 2. The van der Waals surface area contributed by atoms with Crippen LogP contribution in [0.5, 0.6) is 5.75 Å². The van der Waals surface area contributed by atoms with Crippen molar-refractivity contribution in [3.05, 3.63) is 77.3 Å². The fraction of sp³-hybridized carbons (Fsp3) is 0.419. The molecule has 1 saturated carbocycles. The Kier molecular flexibility index (Phi) is 9.27. The van der Waals surface area contributed by atoms with Crippen molar-refractivity contribution in [1.29, 1.82) is 0 Å². The molecular weight excluding hydrogens is 629 g/mol. The number of alkyl halides is 3. The number of aromatic nitrogens is 2. The largest absolute Gasteiger partial charge is 0.497 e. The maximum Gasteiger partial charge on any atom is 0.490 e. The molecule has 0 N–H and O–H groups in total. The number of methoxy groups -OCH3 is 1. The highest BCUT2D eigenvalue weighted by molar-refractivity contribution is 7.89. The number of oxazole rings is 1. The molecule has 246 valence electrons. The Morgan fingerprint density at radius 2 is 1.85 bits per heavy atom.